The van der Waals surface area contributed by atoms with E-state index in [4.69, 9.17) is 14.2 Å². The van der Waals surface area contributed by atoms with E-state index in [1.165, 1.54) is 0 Å². The van der Waals surface area contributed by atoms with Crippen LogP contribution >= 0.6 is 0 Å². The highest BCUT2D eigenvalue weighted by molar-refractivity contribution is 5.91. The van der Waals surface area contributed by atoms with Crippen molar-refractivity contribution < 1.29 is 19.0 Å². The first kappa shape index (κ1) is 19.4. The van der Waals surface area contributed by atoms with Gasteiger partial charge < -0.3 is 19.1 Å². The lowest BCUT2D eigenvalue weighted by molar-refractivity contribution is -0.125. The number of rotatable bonds is 8. The summed E-state index contributed by atoms with van der Waals surface area (Å²) >= 11 is 0. The largest absolute Gasteiger partial charge is 0.497 e. The molecule has 0 radical (unpaired) electrons. The van der Waals surface area contributed by atoms with E-state index in [0.717, 1.165) is 22.6 Å². The fourth-order valence-electron chi connectivity index (χ4n) is 2.45. The molecule has 2 rings (SSSR count). The van der Waals surface area contributed by atoms with Crippen LogP contribution in [-0.4, -0.2) is 38.7 Å². The second-order valence-corrected chi connectivity index (χ2v) is 5.71. The fraction of sp³-hybridized carbons (Fsp3) is 0.286. The first-order valence-electron chi connectivity index (χ1n) is 8.44. The van der Waals surface area contributed by atoms with Crippen LogP contribution in [0.2, 0.25) is 0 Å². The Labute approximate surface area is 154 Å². The van der Waals surface area contributed by atoms with E-state index < -0.39 is 0 Å². The second-order valence-electron chi connectivity index (χ2n) is 5.71. The minimum Gasteiger partial charge on any atom is -0.497 e. The molecule has 0 aliphatic heterocycles. The first-order chi connectivity index (χ1) is 12.6. The summed E-state index contributed by atoms with van der Waals surface area (Å²) in [6, 6.07) is 13.2. The minimum absolute atomic E-state index is 0.0863. The zero-order valence-corrected chi connectivity index (χ0v) is 15.7. The van der Waals surface area contributed by atoms with Gasteiger partial charge in [0.15, 0.2) is 0 Å². The third-order valence-electron chi connectivity index (χ3n) is 3.89. The van der Waals surface area contributed by atoms with Gasteiger partial charge in [0.2, 0.25) is 5.91 Å². The van der Waals surface area contributed by atoms with Crippen molar-refractivity contribution in [2.45, 2.75) is 13.5 Å². The van der Waals surface area contributed by atoms with Gasteiger partial charge in [0, 0.05) is 31.3 Å². The van der Waals surface area contributed by atoms with Crippen molar-refractivity contribution in [3.63, 3.8) is 0 Å². The van der Waals surface area contributed by atoms with E-state index in [2.05, 4.69) is 0 Å². The van der Waals surface area contributed by atoms with Crippen LogP contribution in [-0.2, 0) is 11.3 Å². The van der Waals surface area contributed by atoms with Crippen LogP contribution in [0, 0.1) is 0 Å². The quantitative estimate of drug-likeness (QED) is 0.676. The van der Waals surface area contributed by atoms with Gasteiger partial charge in [0.05, 0.1) is 20.8 Å². The zero-order chi connectivity index (χ0) is 18.9. The molecule has 2 aromatic carbocycles. The summed E-state index contributed by atoms with van der Waals surface area (Å²) in [4.78, 5) is 14.0. The summed E-state index contributed by atoms with van der Waals surface area (Å²) in [5.74, 6) is 2.14. The van der Waals surface area contributed by atoms with E-state index in [1.807, 2.05) is 49.4 Å². The van der Waals surface area contributed by atoms with Crippen molar-refractivity contribution >= 4 is 12.0 Å². The summed E-state index contributed by atoms with van der Waals surface area (Å²) in [5, 5.41) is 0. The number of methoxy groups -OCH3 is 2. The SMILES string of the molecule is CCOc1ccc(C=CC(=O)N(C)Cc2ccc(OC)cc2OC)cc1. The second kappa shape index (κ2) is 9.51. The number of ether oxygens (including phenoxy) is 3. The summed E-state index contributed by atoms with van der Waals surface area (Å²) in [6.45, 7) is 3.02. The average molecular weight is 355 g/mol. The molecule has 0 saturated carbocycles. The monoisotopic (exact) mass is 355 g/mol. The number of likely N-dealkylation sites (N-methyl/N-ethyl adjacent to an activating group) is 1. The molecule has 26 heavy (non-hydrogen) atoms. The summed E-state index contributed by atoms with van der Waals surface area (Å²) in [5.41, 5.74) is 1.86. The molecular formula is C21H25NO4. The maximum atomic E-state index is 12.4. The van der Waals surface area contributed by atoms with E-state index in [0.29, 0.717) is 18.9 Å². The van der Waals surface area contributed by atoms with Gasteiger partial charge in [-0.1, -0.05) is 12.1 Å². The third kappa shape index (κ3) is 5.28. The van der Waals surface area contributed by atoms with Crippen LogP contribution in [0.15, 0.2) is 48.5 Å². The molecule has 1 amide bonds. The van der Waals surface area contributed by atoms with Crippen LogP contribution in [0.5, 0.6) is 17.2 Å². The Balaban J connectivity index is 2.01. The number of hydrogen-bond donors (Lipinski definition) is 0. The summed E-state index contributed by atoms with van der Waals surface area (Å²) in [6.07, 6.45) is 3.35. The molecule has 0 spiro atoms. The molecule has 0 fully saturated rings. The van der Waals surface area contributed by atoms with Crippen molar-refractivity contribution in [1.82, 2.24) is 4.90 Å². The van der Waals surface area contributed by atoms with Gasteiger partial charge in [0.25, 0.3) is 0 Å². The zero-order valence-electron chi connectivity index (χ0n) is 15.7. The Morgan fingerprint density at radius 2 is 1.73 bits per heavy atom. The topological polar surface area (TPSA) is 48.0 Å². The van der Waals surface area contributed by atoms with Crippen LogP contribution in [0.3, 0.4) is 0 Å². The molecule has 0 aromatic heterocycles. The Morgan fingerprint density at radius 1 is 1.04 bits per heavy atom. The maximum Gasteiger partial charge on any atom is 0.246 e. The molecule has 0 atom stereocenters. The molecule has 5 nitrogen and oxygen atoms in total. The van der Waals surface area contributed by atoms with Crippen molar-refractivity contribution in [2.24, 2.45) is 0 Å². The molecular weight excluding hydrogens is 330 g/mol. The van der Waals surface area contributed by atoms with Gasteiger partial charge in [-0.3, -0.25) is 4.79 Å². The van der Waals surface area contributed by atoms with Gasteiger partial charge in [-0.25, -0.2) is 0 Å². The molecule has 0 bridgehead atoms. The van der Waals surface area contributed by atoms with Gasteiger partial charge >= 0.3 is 0 Å². The molecule has 0 N–H and O–H groups in total. The highest BCUT2D eigenvalue weighted by Crippen LogP contribution is 2.25. The number of carbonyl (C=O) groups excluding carboxylic acids is 1. The molecule has 0 aliphatic carbocycles. The maximum absolute atomic E-state index is 12.4. The van der Waals surface area contributed by atoms with Gasteiger partial charge in [-0.2, -0.15) is 0 Å². The van der Waals surface area contributed by atoms with Crippen molar-refractivity contribution in [2.75, 3.05) is 27.9 Å². The number of carbonyl (C=O) groups is 1. The predicted molar refractivity (Wildman–Crippen MR) is 103 cm³/mol. The number of amides is 1. The van der Waals surface area contributed by atoms with Gasteiger partial charge in [-0.15, -0.1) is 0 Å². The lowest BCUT2D eigenvalue weighted by Crippen LogP contribution is -2.24. The summed E-state index contributed by atoms with van der Waals surface area (Å²) < 4.78 is 16.0. The molecule has 0 unspecified atom stereocenters. The van der Waals surface area contributed by atoms with Crippen LogP contribution in [0.25, 0.3) is 6.08 Å². The van der Waals surface area contributed by atoms with Gasteiger partial charge in [-0.05, 0) is 42.8 Å². The molecule has 0 aliphatic rings. The third-order valence-corrected chi connectivity index (χ3v) is 3.89. The lowest BCUT2D eigenvalue weighted by Gasteiger charge is -2.17. The smallest absolute Gasteiger partial charge is 0.246 e. The summed E-state index contributed by atoms with van der Waals surface area (Å²) in [7, 11) is 4.97. The number of benzene rings is 2. The van der Waals surface area contributed by atoms with Crippen LogP contribution in [0.1, 0.15) is 18.1 Å². The Hall–Kier alpha value is -2.95. The van der Waals surface area contributed by atoms with Crippen LogP contribution < -0.4 is 14.2 Å². The molecule has 138 valence electrons. The number of hydrogen-bond acceptors (Lipinski definition) is 4. The van der Waals surface area contributed by atoms with Crippen LogP contribution in [0.4, 0.5) is 0 Å². The van der Waals surface area contributed by atoms with E-state index in [1.54, 1.807) is 38.3 Å². The van der Waals surface area contributed by atoms with E-state index in [-0.39, 0.29) is 5.91 Å². The van der Waals surface area contributed by atoms with Crippen molar-refractivity contribution in [1.29, 1.82) is 0 Å². The minimum atomic E-state index is -0.0863. The predicted octanol–water partition coefficient (Wildman–Crippen LogP) is 3.77. The van der Waals surface area contributed by atoms with Crippen molar-refractivity contribution in [3.05, 3.63) is 59.7 Å². The highest BCUT2D eigenvalue weighted by Gasteiger charge is 2.11. The van der Waals surface area contributed by atoms with Gasteiger partial charge in [0.1, 0.15) is 17.2 Å². The Bertz CT molecular complexity index is 753. The van der Waals surface area contributed by atoms with Crippen molar-refractivity contribution in [3.8, 4) is 17.2 Å². The Morgan fingerprint density at radius 3 is 2.35 bits per heavy atom. The molecule has 0 saturated heterocycles. The first-order valence-corrected chi connectivity index (χ1v) is 8.44. The normalized spacial score (nSPS) is 10.6. The molecule has 0 heterocycles. The van der Waals surface area contributed by atoms with E-state index >= 15 is 0 Å². The molecule has 2 aromatic rings. The fourth-order valence-corrected chi connectivity index (χ4v) is 2.45. The highest BCUT2D eigenvalue weighted by atomic mass is 16.5. The van der Waals surface area contributed by atoms with E-state index in [9.17, 15) is 4.79 Å². The standard InChI is InChI=1S/C21H25NO4/c1-5-26-18-10-6-16(7-11-18)8-13-21(23)22(2)15-17-9-12-19(24-3)14-20(17)25-4/h6-14H,5,15H2,1-4H3. The average Bonchev–Trinajstić information content (AvgIpc) is 2.67. The number of nitrogens with zero attached hydrogens (tertiary/aromatic N) is 1. The molecule has 5 heteroatoms. The lowest BCUT2D eigenvalue weighted by atomic mass is 10.1. The Kier molecular flexibility index (Phi) is 7.09.